The van der Waals surface area contributed by atoms with Crippen molar-refractivity contribution < 1.29 is 13.9 Å². The maximum atomic E-state index is 13.6. The second kappa shape index (κ2) is 8.32. The minimum Gasteiger partial charge on any atom is -0.467 e. The van der Waals surface area contributed by atoms with Crippen LogP contribution in [-0.2, 0) is 17.8 Å². The quantitative estimate of drug-likeness (QED) is 0.441. The van der Waals surface area contributed by atoms with E-state index in [-0.39, 0.29) is 17.6 Å². The number of carbonyl (C=O) groups is 1. The Morgan fingerprint density at radius 3 is 2.84 bits per heavy atom. The lowest BCUT2D eigenvalue weighted by molar-refractivity contribution is 0.0495. The minimum absolute atomic E-state index is 0.0337. The van der Waals surface area contributed by atoms with Gasteiger partial charge in [0.05, 0.1) is 34.7 Å². The Labute approximate surface area is 183 Å². The third kappa shape index (κ3) is 3.68. The van der Waals surface area contributed by atoms with E-state index < -0.39 is 0 Å². The molecule has 1 aromatic carbocycles. The van der Waals surface area contributed by atoms with Gasteiger partial charge in [-0.15, -0.1) is 11.3 Å². The molecule has 0 N–H and O–H groups in total. The van der Waals surface area contributed by atoms with Gasteiger partial charge in [-0.3, -0.25) is 9.59 Å². The number of hydrogen-bond donors (Lipinski definition) is 0. The molecule has 7 heteroatoms. The molecule has 1 aliphatic rings. The summed E-state index contributed by atoms with van der Waals surface area (Å²) >= 11 is 1.39. The summed E-state index contributed by atoms with van der Waals surface area (Å²) in [7, 11) is 0. The number of nitrogens with zero attached hydrogens (tertiary/aromatic N) is 2. The van der Waals surface area contributed by atoms with Gasteiger partial charge in [-0.05, 0) is 44.0 Å². The molecule has 0 radical (unpaired) electrons. The molecule has 0 spiro atoms. The SMILES string of the molecule is CCn1c(=O)c2cc(C(=O)N(Cc3ccco3)CC3CCCO3)sc2c2ccccc21. The molecule has 0 bridgehead atoms. The number of carbonyl (C=O) groups excluding carboxylic acids is 1. The van der Waals surface area contributed by atoms with Gasteiger partial charge in [0, 0.05) is 29.8 Å². The Hall–Kier alpha value is -2.90. The Morgan fingerprint density at radius 2 is 2.10 bits per heavy atom. The first-order valence-corrected chi connectivity index (χ1v) is 11.5. The lowest BCUT2D eigenvalue weighted by Gasteiger charge is -2.24. The van der Waals surface area contributed by atoms with Crippen molar-refractivity contribution in [2.24, 2.45) is 0 Å². The summed E-state index contributed by atoms with van der Waals surface area (Å²) in [5, 5.41) is 1.60. The number of hydrogen-bond acceptors (Lipinski definition) is 5. The highest BCUT2D eigenvalue weighted by Crippen LogP contribution is 2.31. The van der Waals surface area contributed by atoms with E-state index >= 15 is 0 Å². The molecule has 1 fully saturated rings. The van der Waals surface area contributed by atoms with Gasteiger partial charge in [-0.1, -0.05) is 18.2 Å². The van der Waals surface area contributed by atoms with Crippen LogP contribution in [0.15, 0.2) is 57.9 Å². The number of ether oxygens (including phenoxy) is 1. The van der Waals surface area contributed by atoms with E-state index in [0.717, 1.165) is 40.8 Å². The molecule has 4 heterocycles. The number of para-hydroxylation sites is 1. The van der Waals surface area contributed by atoms with Gasteiger partial charge < -0.3 is 18.6 Å². The Bertz CT molecular complexity index is 1280. The highest BCUT2D eigenvalue weighted by molar-refractivity contribution is 7.21. The monoisotopic (exact) mass is 436 g/mol. The van der Waals surface area contributed by atoms with E-state index in [9.17, 15) is 9.59 Å². The maximum Gasteiger partial charge on any atom is 0.264 e. The number of aryl methyl sites for hydroxylation is 1. The second-order valence-corrected chi connectivity index (χ2v) is 8.87. The number of furan rings is 1. The molecule has 0 aliphatic carbocycles. The molecule has 5 rings (SSSR count). The van der Waals surface area contributed by atoms with E-state index in [1.54, 1.807) is 21.8 Å². The lowest BCUT2D eigenvalue weighted by atomic mass is 10.1. The molecule has 3 aromatic heterocycles. The molecule has 1 unspecified atom stereocenters. The number of thiophene rings is 1. The fourth-order valence-corrected chi connectivity index (χ4v) is 5.48. The fraction of sp³-hybridized carbons (Fsp3) is 0.333. The summed E-state index contributed by atoms with van der Waals surface area (Å²) in [5.41, 5.74) is 0.846. The molecule has 6 nitrogen and oxygen atoms in total. The standard InChI is InChI=1S/C24H24N2O4S/c1-2-26-20-10-4-3-9-18(20)22-19(23(26)27)13-21(31-22)24(28)25(14-16-7-5-11-29-16)15-17-8-6-12-30-17/h3-5,7,9-11,13,17H,2,6,8,12,14-15H2,1H3. The van der Waals surface area contributed by atoms with Gasteiger partial charge in [0.2, 0.25) is 0 Å². The van der Waals surface area contributed by atoms with Crippen LogP contribution in [0, 0.1) is 0 Å². The van der Waals surface area contributed by atoms with Gasteiger partial charge in [0.1, 0.15) is 5.76 Å². The zero-order valence-corrected chi connectivity index (χ0v) is 18.2. The summed E-state index contributed by atoms with van der Waals surface area (Å²) < 4.78 is 13.9. The van der Waals surface area contributed by atoms with Crippen LogP contribution in [0.25, 0.3) is 21.0 Å². The van der Waals surface area contributed by atoms with Crippen molar-refractivity contribution in [3.8, 4) is 0 Å². The summed E-state index contributed by atoms with van der Waals surface area (Å²) in [5.74, 6) is 0.630. The topological polar surface area (TPSA) is 64.7 Å². The zero-order valence-electron chi connectivity index (χ0n) is 17.4. The van der Waals surface area contributed by atoms with E-state index in [0.29, 0.717) is 29.9 Å². The van der Waals surface area contributed by atoms with Gasteiger partial charge in [-0.25, -0.2) is 0 Å². The summed E-state index contributed by atoms with van der Waals surface area (Å²) in [6.45, 7) is 4.16. The van der Waals surface area contributed by atoms with Crippen molar-refractivity contribution in [2.75, 3.05) is 13.2 Å². The van der Waals surface area contributed by atoms with Crippen LogP contribution in [0.3, 0.4) is 0 Å². The van der Waals surface area contributed by atoms with Crippen molar-refractivity contribution in [1.82, 2.24) is 9.47 Å². The number of amides is 1. The predicted molar refractivity (Wildman–Crippen MR) is 122 cm³/mol. The molecule has 0 saturated carbocycles. The number of benzene rings is 1. The van der Waals surface area contributed by atoms with E-state index in [1.165, 1.54) is 11.3 Å². The Morgan fingerprint density at radius 1 is 1.23 bits per heavy atom. The molecule has 4 aromatic rings. The molecule has 31 heavy (non-hydrogen) atoms. The van der Waals surface area contributed by atoms with Crippen LogP contribution in [0.5, 0.6) is 0 Å². The van der Waals surface area contributed by atoms with E-state index in [1.807, 2.05) is 43.3 Å². The predicted octanol–water partition coefficient (Wildman–Crippen LogP) is 4.65. The summed E-state index contributed by atoms with van der Waals surface area (Å²) in [6.07, 6.45) is 3.61. The van der Waals surface area contributed by atoms with Gasteiger partial charge in [0.15, 0.2) is 0 Å². The third-order valence-corrected chi connectivity index (χ3v) is 6.99. The average Bonchev–Trinajstić information content (AvgIpc) is 3.55. The highest BCUT2D eigenvalue weighted by Gasteiger charge is 2.26. The second-order valence-electron chi connectivity index (χ2n) is 7.82. The van der Waals surface area contributed by atoms with Crippen LogP contribution in [0.1, 0.15) is 35.2 Å². The molecular weight excluding hydrogens is 412 g/mol. The largest absolute Gasteiger partial charge is 0.467 e. The van der Waals surface area contributed by atoms with Crippen molar-refractivity contribution in [1.29, 1.82) is 0 Å². The number of aromatic nitrogens is 1. The first-order valence-electron chi connectivity index (χ1n) is 10.6. The maximum absolute atomic E-state index is 13.6. The molecule has 1 saturated heterocycles. The van der Waals surface area contributed by atoms with Crippen molar-refractivity contribution in [2.45, 2.75) is 39.0 Å². The molecular formula is C24H24N2O4S. The van der Waals surface area contributed by atoms with Crippen LogP contribution in [0.2, 0.25) is 0 Å². The van der Waals surface area contributed by atoms with Crippen LogP contribution < -0.4 is 5.56 Å². The van der Waals surface area contributed by atoms with Crippen LogP contribution in [-0.4, -0.2) is 34.6 Å². The Kier molecular flexibility index (Phi) is 5.38. The number of pyridine rings is 1. The van der Waals surface area contributed by atoms with Gasteiger partial charge in [-0.2, -0.15) is 0 Å². The zero-order chi connectivity index (χ0) is 21.4. The van der Waals surface area contributed by atoms with E-state index in [4.69, 9.17) is 9.15 Å². The number of rotatable bonds is 6. The molecule has 1 aliphatic heterocycles. The molecule has 160 valence electrons. The number of fused-ring (bicyclic) bond motifs is 3. The van der Waals surface area contributed by atoms with Crippen LogP contribution in [0.4, 0.5) is 0 Å². The van der Waals surface area contributed by atoms with Crippen LogP contribution >= 0.6 is 11.3 Å². The average molecular weight is 437 g/mol. The fourth-order valence-electron chi connectivity index (χ4n) is 4.33. The van der Waals surface area contributed by atoms with E-state index in [2.05, 4.69) is 0 Å². The molecule has 1 amide bonds. The minimum atomic E-state index is -0.0976. The van der Waals surface area contributed by atoms with Gasteiger partial charge in [0.25, 0.3) is 11.5 Å². The lowest BCUT2D eigenvalue weighted by Crippen LogP contribution is -2.36. The third-order valence-electron chi connectivity index (χ3n) is 5.84. The first kappa shape index (κ1) is 20.0. The summed E-state index contributed by atoms with van der Waals surface area (Å²) in [6, 6.07) is 13.3. The van der Waals surface area contributed by atoms with Crippen molar-refractivity contribution in [3.05, 3.63) is 69.7 Å². The smallest absolute Gasteiger partial charge is 0.264 e. The van der Waals surface area contributed by atoms with Gasteiger partial charge >= 0.3 is 0 Å². The highest BCUT2D eigenvalue weighted by atomic mass is 32.1. The summed E-state index contributed by atoms with van der Waals surface area (Å²) in [4.78, 5) is 29.0. The van der Waals surface area contributed by atoms with Crippen molar-refractivity contribution in [3.63, 3.8) is 0 Å². The first-order chi connectivity index (χ1) is 15.2. The van der Waals surface area contributed by atoms with Crippen molar-refractivity contribution >= 4 is 38.2 Å². The normalized spacial score (nSPS) is 16.4. The molecule has 1 atom stereocenters. The Balaban J connectivity index is 1.57.